The largest absolute Gasteiger partial charge is 0.497 e. The molecule has 0 radical (unpaired) electrons. The van der Waals surface area contributed by atoms with Crippen molar-refractivity contribution >= 4 is 43.2 Å². The van der Waals surface area contributed by atoms with Crippen molar-refractivity contribution in [2.45, 2.75) is 0 Å². The van der Waals surface area contributed by atoms with E-state index in [1.54, 1.807) is 30.1 Å². The number of nitrogens with zero attached hydrogens (tertiary/aromatic N) is 2. The average molecular weight is 343 g/mol. The number of rotatable bonds is 2. The maximum Gasteiger partial charge on any atom is 0.273 e. The summed E-state index contributed by atoms with van der Waals surface area (Å²) in [5.74, 6) is 0.751. The standard InChI is InChI=1S/C17H11ClN2O2S/c1-22-11-4-2-10(3-5-11)20-9-7-12-14-13(18)6-8-19-16(14)23-15(12)17(20)21/h2-9H,1H3. The Morgan fingerprint density at radius 3 is 2.70 bits per heavy atom. The number of benzene rings is 1. The first-order valence-electron chi connectivity index (χ1n) is 6.92. The second-order valence-corrected chi connectivity index (χ2v) is 6.41. The van der Waals surface area contributed by atoms with Crippen LogP contribution in [0.5, 0.6) is 5.75 Å². The van der Waals surface area contributed by atoms with Crippen molar-refractivity contribution in [1.82, 2.24) is 9.55 Å². The molecule has 0 fully saturated rings. The van der Waals surface area contributed by atoms with Gasteiger partial charge in [0.2, 0.25) is 0 Å². The zero-order valence-electron chi connectivity index (χ0n) is 12.1. The number of fused-ring (bicyclic) bond motifs is 3. The van der Waals surface area contributed by atoms with E-state index in [0.29, 0.717) is 9.72 Å². The molecule has 0 bridgehead atoms. The molecule has 114 valence electrons. The number of hydrogen-bond acceptors (Lipinski definition) is 4. The molecule has 0 atom stereocenters. The molecule has 0 N–H and O–H groups in total. The van der Waals surface area contributed by atoms with Crippen LogP contribution in [-0.2, 0) is 0 Å². The molecule has 0 saturated carbocycles. The number of thiophene rings is 1. The van der Waals surface area contributed by atoms with Crippen LogP contribution >= 0.6 is 22.9 Å². The van der Waals surface area contributed by atoms with Crippen LogP contribution in [0.1, 0.15) is 0 Å². The van der Waals surface area contributed by atoms with Crippen LogP contribution in [0, 0.1) is 0 Å². The minimum Gasteiger partial charge on any atom is -0.497 e. The van der Waals surface area contributed by atoms with Gasteiger partial charge in [-0.25, -0.2) is 4.98 Å². The lowest BCUT2D eigenvalue weighted by Gasteiger charge is -2.07. The highest BCUT2D eigenvalue weighted by atomic mass is 35.5. The fourth-order valence-electron chi connectivity index (χ4n) is 2.60. The summed E-state index contributed by atoms with van der Waals surface area (Å²) in [5, 5.41) is 2.30. The van der Waals surface area contributed by atoms with Gasteiger partial charge in [-0.2, -0.15) is 0 Å². The summed E-state index contributed by atoms with van der Waals surface area (Å²) in [5.41, 5.74) is 0.709. The third-order valence-corrected chi connectivity index (χ3v) is 5.15. The molecule has 0 aliphatic heterocycles. The van der Waals surface area contributed by atoms with Crippen molar-refractivity contribution in [3.63, 3.8) is 0 Å². The quantitative estimate of drug-likeness (QED) is 0.546. The Labute approximate surface area is 140 Å². The topological polar surface area (TPSA) is 44.1 Å². The van der Waals surface area contributed by atoms with Gasteiger partial charge >= 0.3 is 0 Å². The van der Waals surface area contributed by atoms with E-state index in [1.807, 2.05) is 30.3 Å². The average Bonchev–Trinajstić information content (AvgIpc) is 2.96. The van der Waals surface area contributed by atoms with Gasteiger partial charge < -0.3 is 4.74 Å². The first-order chi connectivity index (χ1) is 11.2. The molecule has 4 nitrogen and oxygen atoms in total. The molecule has 3 aromatic heterocycles. The first kappa shape index (κ1) is 14.2. The van der Waals surface area contributed by atoms with Gasteiger partial charge in [0.05, 0.1) is 12.1 Å². The lowest BCUT2D eigenvalue weighted by Crippen LogP contribution is -2.16. The molecule has 23 heavy (non-hydrogen) atoms. The summed E-state index contributed by atoms with van der Waals surface area (Å²) in [6, 6.07) is 11.0. The second kappa shape index (κ2) is 5.37. The van der Waals surface area contributed by atoms with Gasteiger partial charge in [-0.3, -0.25) is 9.36 Å². The van der Waals surface area contributed by atoms with Gasteiger partial charge in [0, 0.05) is 28.9 Å². The summed E-state index contributed by atoms with van der Waals surface area (Å²) in [6.45, 7) is 0. The van der Waals surface area contributed by atoms with Gasteiger partial charge in [0.25, 0.3) is 5.56 Å². The van der Waals surface area contributed by atoms with E-state index in [1.165, 1.54) is 11.3 Å². The number of ether oxygens (including phenoxy) is 1. The first-order valence-corrected chi connectivity index (χ1v) is 8.11. The molecule has 3 heterocycles. The predicted molar refractivity (Wildman–Crippen MR) is 94.3 cm³/mol. The van der Waals surface area contributed by atoms with Crippen molar-refractivity contribution in [3.8, 4) is 11.4 Å². The molecule has 0 aliphatic carbocycles. The highest BCUT2D eigenvalue weighted by Crippen LogP contribution is 2.34. The van der Waals surface area contributed by atoms with E-state index < -0.39 is 0 Å². The second-order valence-electron chi connectivity index (χ2n) is 5.01. The molecule has 6 heteroatoms. The molecule has 4 aromatic rings. The third-order valence-electron chi connectivity index (χ3n) is 3.73. The highest BCUT2D eigenvalue weighted by molar-refractivity contribution is 7.25. The van der Waals surface area contributed by atoms with Crippen LogP contribution in [0.3, 0.4) is 0 Å². The number of halogens is 1. The Bertz CT molecular complexity index is 1080. The lowest BCUT2D eigenvalue weighted by atomic mass is 10.2. The molecule has 0 aliphatic rings. The summed E-state index contributed by atoms with van der Waals surface area (Å²) >= 11 is 7.63. The van der Waals surface area contributed by atoms with E-state index >= 15 is 0 Å². The van der Waals surface area contributed by atoms with E-state index in [-0.39, 0.29) is 5.56 Å². The number of hydrogen-bond donors (Lipinski definition) is 0. The van der Waals surface area contributed by atoms with Crippen LogP contribution in [0.15, 0.2) is 53.6 Å². The van der Waals surface area contributed by atoms with Gasteiger partial charge in [-0.05, 0) is 36.4 Å². The van der Waals surface area contributed by atoms with Crippen molar-refractivity contribution in [1.29, 1.82) is 0 Å². The normalized spacial score (nSPS) is 11.2. The molecule has 0 saturated heterocycles. The minimum absolute atomic E-state index is 0.0771. The Hall–Kier alpha value is -2.37. The summed E-state index contributed by atoms with van der Waals surface area (Å²) in [6.07, 6.45) is 3.42. The van der Waals surface area contributed by atoms with Crippen molar-refractivity contribution < 1.29 is 4.74 Å². The van der Waals surface area contributed by atoms with E-state index in [4.69, 9.17) is 16.3 Å². The van der Waals surface area contributed by atoms with Crippen molar-refractivity contribution in [2.24, 2.45) is 0 Å². The van der Waals surface area contributed by atoms with Crippen LogP contribution in [-0.4, -0.2) is 16.7 Å². The highest BCUT2D eigenvalue weighted by Gasteiger charge is 2.13. The molecule has 0 amide bonds. The van der Waals surface area contributed by atoms with Crippen LogP contribution in [0.25, 0.3) is 26.0 Å². The fraction of sp³-hybridized carbons (Fsp3) is 0.0588. The van der Waals surface area contributed by atoms with E-state index in [0.717, 1.165) is 27.0 Å². The van der Waals surface area contributed by atoms with Crippen LogP contribution in [0.4, 0.5) is 0 Å². The van der Waals surface area contributed by atoms with E-state index in [2.05, 4.69) is 4.98 Å². The van der Waals surface area contributed by atoms with Gasteiger partial charge in [-0.1, -0.05) is 11.6 Å². The maximum atomic E-state index is 12.8. The minimum atomic E-state index is -0.0771. The molecule has 4 rings (SSSR count). The molecular formula is C17H11ClN2O2S. The number of methoxy groups -OCH3 is 1. The summed E-state index contributed by atoms with van der Waals surface area (Å²) < 4.78 is 7.42. The Kier molecular flexibility index (Phi) is 3.32. The molecule has 1 aromatic carbocycles. The van der Waals surface area contributed by atoms with Crippen molar-refractivity contribution in [3.05, 3.63) is 64.2 Å². The van der Waals surface area contributed by atoms with Crippen molar-refractivity contribution in [2.75, 3.05) is 7.11 Å². The zero-order valence-corrected chi connectivity index (χ0v) is 13.7. The molecule has 0 unspecified atom stereocenters. The SMILES string of the molecule is COc1ccc(-n2ccc3c(sc4nccc(Cl)c43)c2=O)cc1. The third kappa shape index (κ3) is 2.20. The summed E-state index contributed by atoms with van der Waals surface area (Å²) in [4.78, 5) is 17.9. The smallest absolute Gasteiger partial charge is 0.273 e. The van der Waals surface area contributed by atoms with E-state index in [9.17, 15) is 4.79 Å². The predicted octanol–water partition coefficient (Wildman–Crippen LogP) is 4.26. The number of pyridine rings is 2. The molecule has 0 spiro atoms. The van der Waals surface area contributed by atoms with Gasteiger partial charge in [0.1, 0.15) is 15.3 Å². The maximum absolute atomic E-state index is 12.8. The van der Waals surface area contributed by atoms with Gasteiger partial charge in [-0.15, -0.1) is 11.3 Å². The summed E-state index contributed by atoms with van der Waals surface area (Å²) in [7, 11) is 1.61. The Morgan fingerprint density at radius 1 is 1.17 bits per heavy atom. The lowest BCUT2D eigenvalue weighted by molar-refractivity contribution is 0.414. The molecular weight excluding hydrogens is 332 g/mol. The van der Waals surface area contributed by atoms with Crippen LogP contribution < -0.4 is 10.3 Å². The zero-order chi connectivity index (χ0) is 16.0. The van der Waals surface area contributed by atoms with Gasteiger partial charge in [0.15, 0.2) is 0 Å². The Morgan fingerprint density at radius 2 is 1.96 bits per heavy atom. The monoisotopic (exact) mass is 342 g/mol. The number of aromatic nitrogens is 2. The van der Waals surface area contributed by atoms with Crippen LogP contribution in [0.2, 0.25) is 5.02 Å². The Balaban J connectivity index is 1.99. The fourth-order valence-corrected chi connectivity index (χ4v) is 4.00.